The molecule has 0 bridgehead atoms. The molecule has 3 aromatic rings. The van der Waals surface area contributed by atoms with Crippen molar-refractivity contribution in [2.75, 3.05) is 6.54 Å². The Balaban J connectivity index is 1.89. The van der Waals surface area contributed by atoms with E-state index in [0.29, 0.717) is 21.7 Å². The van der Waals surface area contributed by atoms with Crippen LogP contribution in [0.3, 0.4) is 0 Å². The molecule has 1 unspecified atom stereocenters. The molecule has 2 heterocycles. The molecule has 1 aliphatic rings. The van der Waals surface area contributed by atoms with Gasteiger partial charge >= 0.3 is 0 Å². The number of hydrogen-bond acceptors (Lipinski definition) is 4. The van der Waals surface area contributed by atoms with E-state index in [0.717, 1.165) is 27.7 Å². The molecule has 0 aliphatic carbocycles. The fourth-order valence-corrected chi connectivity index (χ4v) is 4.12. The zero-order valence-corrected chi connectivity index (χ0v) is 16.2. The minimum Gasteiger partial charge on any atom is -0.385 e. The molecule has 2 aromatic carbocycles. The van der Waals surface area contributed by atoms with Crippen LogP contribution in [0.15, 0.2) is 64.9 Å². The Morgan fingerprint density at radius 2 is 1.89 bits per heavy atom. The molecule has 0 radical (unpaired) electrons. The van der Waals surface area contributed by atoms with Crippen LogP contribution in [0.2, 0.25) is 10.0 Å². The number of nitrogens with two attached hydrogens (primary N) is 2. The number of rotatable bonds is 3. The predicted molar refractivity (Wildman–Crippen MR) is 112 cm³/mol. The summed E-state index contributed by atoms with van der Waals surface area (Å²) in [5.41, 5.74) is 15.0. The van der Waals surface area contributed by atoms with Gasteiger partial charge in [0.05, 0.1) is 5.69 Å². The number of H-pyrrole nitrogens is 1. The van der Waals surface area contributed by atoms with Gasteiger partial charge in [0.15, 0.2) is 5.84 Å². The molecule has 1 atom stereocenters. The van der Waals surface area contributed by atoms with Crippen molar-refractivity contribution in [2.24, 2.45) is 16.5 Å². The lowest BCUT2D eigenvalue weighted by molar-refractivity contribution is 0.551. The highest BCUT2D eigenvalue weighted by Gasteiger charge is 2.37. The van der Waals surface area contributed by atoms with Crippen molar-refractivity contribution < 1.29 is 0 Å². The largest absolute Gasteiger partial charge is 0.385 e. The Bertz CT molecular complexity index is 1070. The minimum absolute atomic E-state index is 0.248. The van der Waals surface area contributed by atoms with E-state index in [2.05, 4.69) is 10.3 Å². The van der Waals surface area contributed by atoms with Gasteiger partial charge in [0.1, 0.15) is 11.4 Å². The SMILES string of the molecule is CC1(c2ccc(Cl)cc2Cl)N=C(c2cc3ccccc3[nH]2)NC(N)=C1CN. The molecule has 6 N–H and O–H groups in total. The van der Waals surface area contributed by atoms with E-state index in [1.807, 2.05) is 43.3 Å². The second-order valence-corrected chi connectivity index (χ2v) is 7.49. The number of aromatic amines is 1. The van der Waals surface area contributed by atoms with E-state index < -0.39 is 5.54 Å². The monoisotopic (exact) mass is 399 g/mol. The number of nitrogens with one attached hydrogen (secondary N) is 2. The summed E-state index contributed by atoms with van der Waals surface area (Å²) in [5.74, 6) is 1.11. The number of aromatic nitrogens is 1. The van der Waals surface area contributed by atoms with Gasteiger partial charge in [-0.3, -0.25) is 4.99 Å². The first-order chi connectivity index (χ1) is 12.9. The highest BCUT2D eigenvalue weighted by molar-refractivity contribution is 6.35. The van der Waals surface area contributed by atoms with E-state index in [1.165, 1.54) is 0 Å². The van der Waals surface area contributed by atoms with Crippen LogP contribution in [-0.2, 0) is 5.54 Å². The summed E-state index contributed by atoms with van der Waals surface area (Å²) in [6.45, 7) is 2.21. The molecule has 0 saturated carbocycles. The van der Waals surface area contributed by atoms with Crippen molar-refractivity contribution in [3.05, 3.63) is 81.2 Å². The summed E-state index contributed by atoms with van der Waals surface area (Å²) in [5, 5.41) is 5.35. The van der Waals surface area contributed by atoms with Gasteiger partial charge in [0.2, 0.25) is 0 Å². The fourth-order valence-electron chi connectivity index (χ4n) is 3.53. The Kier molecular flexibility index (Phi) is 4.38. The van der Waals surface area contributed by atoms with Gasteiger partial charge in [-0.2, -0.15) is 0 Å². The number of aliphatic imine (C=N–C) groups is 1. The van der Waals surface area contributed by atoms with E-state index in [9.17, 15) is 0 Å². The average molecular weight is 400 g/mol. The molecule has 0 spiro atoms. The van der Waals surface area contributed by atoms with Crippen LogP contribution in [0.1, 0.15) is 18.2 Å². The lowest BCUT2D eigenvalue weighted by atomic mass is 9.83. The quantitative estimate of drug-likeness (QED) is 0.538. The van der Waals surface area contributed by atoms with Gasteiger partial charge in [-0.15, -0.1) is 0 Å². The number of nitrogens with zero attached hydrogens (tertiary/aromatic N) is 1. The van der Waals surface area contributed by atoms with E-state index in [-0.39, 0.29) is 6.54 Å². The Labute approximate surface area is 167 Å². The summed E-state index contributed by atoms with van der Waals surface area (Å²) in [6.07, 6.45) is 0. The first-order valence-electron chi connectivity index (χ1n) is 8.52. The molecular weight excluding hydrogens is 381 g/mol. The van der Waals surface area contributed by atoms with Crippen molar-refractivity contribution in [3.63, 3.8) is 0 Å². The Morgan fingerprint density at radius 1 is 1.11 bits per heavy atom. The maximum absolute atomic E-state index is 6.49. The molecule has 0 saturated heterocycles. The van der Waals surface area contributed by atoms with Crippen molar-refractivity contribution in [1.29, 1.82) is 0 Å². The van der Waals surface area contributed by atoms with Gasteiger partial charge in [-0.1, -0.05) is 47.5 Å². The Morgan fingerprint density at radius 3 is 2.59 bits per heavy atom. The molecule has 1 aliphatic heterocycles. The third-order valence-electron chi connectivity index (χ3n) is 4.95. The van der Waals surface area contributed by atoms with E-state index in [1.54, 1.807) is 12.1 Å². The second kappa shape index (κ2) is 6.60. The van der Waals surface area contributed by atoms with Gasteiger partial charge in [0.25, 0.3) is 0 Å². The molecule has 5 nitrogen and oxygen atoms in total. The van der Waals surface area contributed by atoms with Crippen molar-refractivity contribution in [2.45, 2.75) is 12.5 Å². The first kappa shape index (κ1) is 17.9. The summed E-state index contributed by atoms with van der Waals surface area (Å²) >= 11 is 12.6. The molecule has 0 amide bonds. The second-order valence-electron chi connectivity index (χ2n) is 6.65. The van der Waals surface area contributed by atoms with Crippen LogP contribution < -0.4 is 16.8 Å². The van der Waals surface area contributed by atoms with Crippen LogP contribution in [0, 0.1) is 0 Å². The van der Waals surface area contributed by atoms with Crippen molar-refractivity contribution in [3.8, 4) is 0 Å². The van der Waals surface area contributed by atoms with E-state index >= 15 is 0 Å². The topological polar surface area (TPSA) is 92.2 Å². The number of amidine groups is 1. The van der Waals surface area contributed by atoms with Crippen LogP contribution in [0.25, 0.3) is 10.9 Å². The minimum atomic E-state index is -0.807. The van der Waals surface area contributed by atoms with Crippen LogP contribution in [0.4, 0.5) is 0 Å². The maximum Gasteiger partial charge on any atom is 0.151 e. The number of halogens is 2. The third-order valence-corrected chi connectivity index (χ3v) is 5.49. The normalized spacial score (nSPS) is 19.9. The molecular formula is C20H19Cl2N5. The highest BCUT2D eigenvalue weighted by Crippen LogP contribution is 2.40. The first-order valence-corrected chi connectivity index (χ1v) is 9.27. The fraction of sp³-hybridized carbons (Fsp3) is 0.150. The van der Waals surface area contributed by atoms with Gasteiger partial charge in [-0.05, 0) is 31.2 Å². The summed E-state index contributed by atoms with van der Waals surface area (Å²) < 4.78 is 0. The molecule has 7 heteroatoms. The van der Waals surface area contributed by atoms with Gasteiger partial charge in [-0.25, -0.2) is 0 Å². The van der Waals surface area contributed by atoms with Crippen LogP contribution >= 0.6 is 23.2 Å². The Hall–Kier alpha value is -2.47. The molecule has 138 valence electrons. The molecule has 4 rings (SSSR count). The van der Waals surface area contributed by atoms with E-state index in [4.69, 9.17) is 39.7 Å². The highest BCUT2D eigenvalue weighted by atomic mass is 35.5. The zero-order chi connectivity index (χ0) is 19.2. The predicted octanol–water partition coefficient (Wildman–Crippen LogP) is 3.87. The summed E-state index contributed by atoms with van der Waals surface area (Å²) in [6, 6.07) is 15.4. The lowest BCUT2D eigenvalue weighted by Crippen LogP contribution is -2.43. The molecule has 0 fully saturated rings. The summed E-state index contributed by atoms with van der Waals surface area (Å²) in [4.78, 5) is 8.35. The van der Waals surface area contributed by atoms with Gasteiger partial charge in [0, 0.05) is 38.6 Å². The zero-order valence-electron chi connectivity index (χ0n) is 14.7. The average Bonchev–Trinajstić information content (AvgIpc) is 3.05. The smallest absolute Gasteiger partial charge is 0.151 e. The summed E-state index contributed by atoms with van der Waals surface area (Å²) in [7, 11) is 0. The number of fused-ring (bicyclic) bond motifs is 1. The van der Waals surface area contributed by atoms with Crippen molar-refractivity contribution >= 4 is 39.9 Å². The number of benzene rings is 2. The van der Waals surface area contributed by atoms with Crippen LogP contribution in [0.5, 0.6) is 0 Å². The van der Waals surface area contributed by atoms with Crippen LogP contribution in [-0.4, -0.2) is 17.4 Å². The third kappa shape index (κ3) is 2.98. The standard InChI is InChI=1S/C20H19Cl2N5/c1-20(13-7-6-12(21)9-15(13)22)14(10-23)18(24)26-19(27-20)17-8-11-4-2-3-5-16(11)25-17/h2-9,25H,10,23-24H2,1H3,(H,26,27). The number of hydrogen-bond donors (Lipinski definition) is 4. The molecule has 27 heavy (non-hydrogen) atoms. The van der Waals surface area contributed by atoms with Crippen molar-refractivity contribution in [1.82, 2.24) is 10.3 Å². The lowest BCUT2D eigenvalue weighted by Gasteiger charge is -2.35. The van der Waals surface area contributed by atoms with Gasteiger partial charge < -0.3 is 21.8 Å². The molecule has 1 aromatic heterocycles. The number of para-hydroxylation sites is 1. The maximum atomic E-state index is 6.49.